The Labute approximate surface area is 224 Å². The number of amides is 1. The van der Waals surface area contributed by atoms with E-state index >= 15 is 0 Å². The van der Waals surface area contributed by atoms with Crippen LogP contribution in [0, 0.1) is 5.92 Å². The molecule has 6 nitrogen and oxygen atoms in total. The summed E-state index contributed by atoms with van der Waals surface area (Å²) in [6.07, 6.45) is -3.24. The molecule has 0 radical (unpaired) electrons. The SMILES string of the molecule is CC[C@H](C)[C@H]1NC2(CCN(S(=O)(=O)c3cccc(Cl)c3Cl)CC2)N(Cc2cccc(C(F)(F)F)c2)C1=O. The van der Waals surface area contributed by atoms with Crippen LogP contribution in [0.5, 0.6) is 0 Å². The Morgan fingerprint density at radius 1 is 1.14 bits per heavy atom. The summed E-state index contributed by atoms with van der Waals surface area (Å²) >= 11 is 12.2. The van der Waals surface area contributed by atoms with Gasteiger partial charge in [-0.2, -0.15) is 17.5 Å². The molecule has 37 heavy (non-hydrogen) atoms. The largest absolute Gasteiger partial charge is 0.416 e. The van der Waals surface area contributed by atoms with Crippen LogP contribution in [0.15, 0.2) is 47.4 Å². The van der Waals surface area contributed by atoms with Gasteiger partial charge in [-0.15, -0.1) is 0 Å². The first-order chi connectivity index (χ1) is 17.3. The molecule has 1 N–H and O–H groups in total. The van der Waals surface area contributed by atoms with Crippen molar-refractivity contribution in [2.45, 2.75) is 62.4 Å². The molecule has 0 bridgehead atoms. The minimum atomic E-state index is -4.50. The summed E-state index contributed by atoms with van der Waals surface area (Å²) in [6.45, 7) is 4.08. The maximum atomic E-state index is 13.5. The average molecular weight is 578 g/mol. The zero-order chi connectivity index (χ0) is 27.2. The number of sulfonamides is 1. The van der Waals surface area contributed by atoms with Gasteiger partial charge in [0.2, 0.25) is 15.9 Å². The van der Waals surface area contributed by atoms with E-state index in [1.807, 2.05) is 13.8 Å². The molecule has 2 fully saturated rings. The van der Waals surface area contributed by atoms with Crippen LogP contribution in [0.25, 0.3) is 0 Å². The molecule has 2 aromatic rings. The van der Waals surface area contributed by atoms with E-state index in [1.54, 1.807) is 11.0 Å². The van der Waals surface area contributed by atoms with Crippen LogP contribution in [0.1, 0.15) is 44.2 Å². The highest BCUT2D eigenvalue weighted by Gasteiger charge is 2.53. The van der Waals surface area contributed by atoms with Gasteiger partial charge in [0, 0.05) is 19.6 Å². The van der Waals surface area contributed by atoms with Crippen LogP contribution in [-0.4, -0.2) is 48.3 Å². The lowest BCUT2D eigenvalue weighted by Crippen LogP contribution is -2.59. The van der Waals surface area contributed by atoms with E-state index in [0.717, 1.165) is 18.6 Å². The molecule has 1 spiro atoms. The fourth-order valence-electron chi connectivity index (χ4n) is 5.02. The molecule has 2 atom stereocenters. The quantitative estimate of drug-likeness (QED) is 0.489. The third-order valence-corrected chi connectivity index (χ3v) is 10.2. The van der Waals surface area contributed by atoms with Crippen molar-refractivity contribution in [1.82, 2.24) is 14.5 Å². The van der Waals surface area contributed by atoms with Crippen molar-refractivity contribution >= 4 is 39.1 Å². The minimum Gasteiger partial charge on any atom is -0.319 e. The third-order valence-electron chi connectivity index (χ3n) is 7.36. The average Bonchev–Trinajstić information content (AvgIpc) is 3.11. The molecular weight excluding hydrogens is 550 g/mol. The molecule has 12 heteroatoms. The number of hydrogen-bond donors (Lipinski definition) is 1. The summed E-state index contributed by atoms with van der Waals surface area (Å²) in [4.78, 5) is 15.0. The fourth-order valence-corrected chi connectivity index (χ4v) is 7.20. The minimum absolute atomic E-state index is 0.0112. The van der Waals surface area contributed by atoms with Gasteiger partial charge in [0.1, 0.15) is 4.90 Å². The first-order valence-corrected chi connectivity index (χ1v) is 14.2. The molecule has 1 amide bonds. The van der Waals surface area contributed by atoms with Crippen molar-refractivity contribution < 1.29 is 26.4 Å². The van der Waals surface area contributed by atoms with Crippen molar-refractivity contribution in [3.63, 3.8) is 0 Å². The number of nitrogens with one attached hydrogen (secondary N) is 1. The molecule has 2 saturated heterocycles. The summed E-state index contributed by atoms with van der Waals surface area (Å²) in [6, 6.07) is 8.84. The molecule has 0 saturated carbocycles. The second kappa shape index (κ2) is 10.4. The van der Waals surface area contributed by atoms with E-state index in [2.05, 4.69) is 5.32 Å². The van der Waals surface area contributed by atoms with Crippen LogP contribution in [0.2, 0.25) is 10.0 Å². The Balaban J connectivity index is 1.62. The number of piperidine rings is 1. The lowest BCUT2D eigenvalue weighted by molar-refractivity contribution is -0.137. The number of nitrogens with zero attached hydrogens (tertiary/aromatic N) is 2. The van der Waals surface area contributed by atoms with Gasteiger partial charge in [0.15, 0.2) is 0 Å². The molecule has 202 valence electrons. The second-order valence-electron chi connectivity index (χ2n) is 9.62. The Kier molecular flexibility index (Phi) is 7.90. The Morgan fingerprint density at radius 3 is 2.41 bits per heavy atom. The lowest BCUT2D eigenvalue weighted by Gasteiger charge is -2.44. The molecule has 2 aliphatic heterocycles. The van der Waals surface area contributed by atoms with Crippen LogP contribution in [0.3, 0.4) is 0 Å². The topological polar surface area (TPSA) is 69.7 Å². The molecule has 2 aliphatic rings. The summed E-state index contributed by atoms with van der Waals surface area (Å²) in [5, 5.41) is 3.51. The summed E-state index contributed by atoms with van der Waals surface area (Å²) in [7, 11) is -3.95. The maximum Gasteiger partial charge on any atom is 0.416 e. The number of alkyl halides is 3. The molecule has 4 rings (SSSR count). The molecule has 0 aromatic heterocycles. The van der Waals surface area contributed by atoms with Gasteiger partial charge >= 0.3 is 6.18 Å². The third kappa shape index (κ3) is 5.36. The van der Waals surface area contributed by atoms with E-state index in [9.17, 15) is 26.4 Å². The van der Waals surface area contributed by atoms with Crippen LogP contribution in [-0.2, 0) is 27.5 Å². The molecule has 2 aromatic carbocycles. The summed E-state index contributed by atoms with van der Waals surface area (Å²) < 4.78 is 67.8. The standard InChI is InChI=1S/C25H28Cl2F3N3O3S/c1-3-16(2)22-23(34)33(15-17-6-4-7-18(14-17)25(28,29)30)24(31-22)10-12-32(13-11-24)37(35,36)20-9-5-8-19(26)21(20)27/h4-9,14,16,22,31H,3,10-13,15H2,1-2H3/t16-,22+/m0/s1. The number of halogens is 5. The van der Waals surface area contributed by atoms with Gasteiger partial charge in [0.25, 0.3) is 0 Å². The van der Waals surface area contributed by atoms with E-state index in [-0.39, 0.29) is 59.2 Å². The van der Waals surface area contributed by atoms with Crippen molar-refractivity contribution in [2.75, 3.05) is 13.1 Å². The van der Waals surface area contributed by atoms with E-state index in [4.69, 9.17) is 23.2 Å². The Morgan fingerprint density at radius 2 is 1.78 bits per heavy atom. The predicted octanol–water partition coefficient (Wildman–Crippen LogP) is 5.54. The van der Waals surface area contributed by atoms with Crippen molar-refractivity contribution in [1.29, 1.82) is 0 Å². The first kappa shape index (κ1) is 28.2. The van der Waals surface area contributed by atoms with Gasteiger partial charge < -0.3 is 4.90 Å². The molecule has 2 heterocycles. The molecule has 0 aliphatic carbocycles. The highest BCUT2D eigenvalue weighted by Crippen LogP contribution is 2.39. The van der Waals surface area contributed by atoms with Crippen molar-refractivity contribution in [3.05, 3.63) is 63.6 Å². The summed E-state index contributed by atoms with van der Waals surface area (Å²) in [5.41, 5.74) is -1.31. The fraction of sp³-hybridized carbons (Fsp3) is 0.480. The zero-order valence-corrected chi connectivity index (χ0v) is 22.7. The van der Waals surface area contributed by atoms with Gasteiger partial charge in [-0.05, 0) is 48.6 Å². The zero-order valence-electron chi connectivity index (χ0n) is 20.4. The molecular formula is C25H28Cl2F3N3O3S. The Hall–Kier alpha value is -1.85. The van der Waals surface area contributed by atoms with Crippen LogP contribution < -0.4 is 5.32 Å². The summed E-state index contributed by atoms with van der Waals surface area (Å²) in [5.74, 6) is -0.205. The molecule has 0 unspecified atom stereocenters. The first-order valence-electron chi connectivity index (χ1n) is 12.0. The number of carbonyl (C=O) groups is 1. The van der Waals surface area contributed by atoms with E-state index in [0.29, 0.717) is 5.56 Å². The van der Waals surface area contributed by atoms with Gasteiger partial charge in [-0.1, -0.05) is 61.7 Å². The monoisotopic (exact) mass is 577 g/mol. The number of benzene rings is 2. The van der Waals surface area contributed by atoms with E-state index in [1.165, 1.54) is 28.6 Å². The number of hydrogen-bond acceptors (Lipinski definition) is 4. The van der Waals surface area contributed by atoms with Crippen molar-refractivity contribution in [3.8, 4) is 0 Å². The normalized spacial score (nSPS) is 21.5. The number of carbonyl (C=O) groups excluding carboxylic acids is 1. The van der Waals surface area contributed by atoms with E-state index < -0.39 is 33.5 Å². The predicted molar refractivity (Wildman–Crippen MR) is 136 cm³/mol. The highest BCUT2D eigenvalue weighted by atomic mass is 35.5. The van der Waals surface area contributed by atoms with Gasteiger partial charge in [-0.25, -0.2) is 8.42 Å². The smallest absolute Gasteiger partial charge is 0.319 e. The lowest BCUT2D eigenvalue weighted by atomic mass is 9.96. The van der Waals surface area contributed by atoms with Gasteiger partial charge in [-0.3, -0.25) is 10.1 Å². The second-order valence-corrected chi connectivity index (χ2v) is 12.3. The van der Waals surface area contributed by atoms with Crippen LogP contribution >= 0.6 is 23.2 Å². The maximum absolute atomic E-state index is 13.5. The van der Waals surface area contributed by atoms with Crippen LogP contribution in [0.4, 0.5) is 13.2 Å². The highest BCUT2D eigenvalue weighted by molar-refractivity contribution is 7.89. The van der Waals surface area contributed by atoms with Crippen molar-refractivity contribution in [2.24, 2.45) is 5.92 Å². The van der Waals surface area contributed by atoms with Gasteiger partial charge in [0.05, 0.1) is 27.3 Å². The number of rotatable bonds is 6. The Bertz CT molecular complexity index is 1280.